The van der Waals surface area contributed by atoms with E-state index >= 15 is 0 Å². The van der Waals surface area contributed by atoms with Crippen LogP contribution >= 0.6 is 0 Å². The van der Waals surface area contributed by atoms with Crippen molar-refractivity contribution in [3.8, 4) is 0 Å². The second kappa shape index (κ2) is 12.9. The maximum Gasteiger partial charge on any atom is 0.408 e. The van der Waals surface area contributed by atoms with Crippen molar-refractivity contribution in [1.29, 1.82) is 0 Å². The van der Waals surface area contributed by atoms with Gasteiger partial charge in [-0.05, 0) is 60.7 Å². The number of rotatable bonds is 8. The van der Waals surface area contributed by atoms with Gasteiger partial charge in [0.15, 0.2) is 6.29 Å². The molecule has 0 bridgehead atoms. The van der Waals surface area contributed by atoms with Gasteiger partial charge in [0, 0.05) is 12.1 Å². The van der Waals surface area contributed by atoms with Gasteiger partial charge in [-0.2, -0.15) is 0 Å². The molecule has 14 nitrogen and oxygen atoms in total. The second-order valence-electron chi connectivity index (χ2n) is 11.7. The van der Waals surface area contributed by atoms with Crippen LogP contribution in [0.4, 0.5) is 4.79 Å². The summed E-state index contributed by atoms with van der Waals surface area (Å²) in [7, 11) is 3.38. The van der Waals surface area contributed by atoms with Crippen molar-refractivity contribution in [2.24, 2.45) is 11.5 Å². The molecule has 2 aliphatic heterocycles. The van der Waals surface area contributed by atoms with Gasteiger partial charge in [-0.15, -0.1) is 0 Å². The molecule has 10 N–H and O–H groups in total. The second-order valence-corrected chi connectivity index (χ2v) is 11.7. The molecule has 0 aromatic rings. The molecule has 14 heteroatoms. The van der Waals surface area contributed by atoms with Crippen LogP contribution in [0.2, 0.25) is 0 Å². The zero-order valence-electron chi connectivity index (χ0n) is 23.6. The molecular formula is C25H47N5O9. The van der Waals surface area contributed by atoms with E-state index in [4.69, 9.17) is 35.2 Å². The standard InChI is InChI=1S/C25H47N5O9/c1-24(2,3)39-23(33)30-15-8-7-12(10-28-5)36-21(15)37-18-13(26)9-14(27)19(16(18)31)38-22-17(32)20(29-6)25(4,34)11-35-22/h7,13-22,28-29,31-32,34H,8-11,26-27H2,1-6H3,(H,30,33)/t13-,14+,15?,16-,17+,18+,19-,20+,21+,22+,25-/m0/s1. The van der Waals surface area contributed by atoms with Gasteiger partial charge in [0.2, 0.25) is 6.29 Å². The molecule has 226 valence electrons. The molecule has 0 aromatic carbocycles. The van der Waals surface area contributed by atoms with Crippen molar-refractivity contribution in [1.82, 2.24) is 16.0 Å². The van der Waals surface area contributed by atoms with Crippen LogP contribution in [0.1, 0.15) is 40.5 Å². The molecule has 0 radical (unpaired) electrons. The number of aliphatic hydroxyl groups is 3. The Morgan fingerprint density at radius 2 is 1.74 bits per heavy atom. The van der Waals surface area contributed by atoms with Gasteiger partial charge in [0.1, 0.15) is 41.4 Å². The van der Waals surface area contributed by atoms with E-state index in [1.165, 1.54) is 0 Å². The molecule has 3 aliphatic rings. The summed E-state index contributed by atoms with van der Waals surface area (Å²) in [6.07, 6.45) is -4.88. The lowest BCUT2D eigenvalue weighted by atomic mass is 9.84. The third-order valence-electron chi connectivity index (χ3n) is 7.03. The van der Waals surface area contributed by atoms with Crippen LogP contribution in [0.25, 0.3) is 0 Å². The minimum atomic E-state index is -1.33. The van der Waals surface area contributed by atoms with Crippen LogP contribution < -0.4 is 27.4 Å². The summed E-state index contributed by atoms with van der Waals surface area (Å²) in [6.45, 7) is 7.15. The maximum absolute atomic E-state index is 12.5. The zero-order valence-corrected chi connectivity index (χ0v) is 23.6. The number of ether oxygens (including phenoxy) is 5. The average molecular weight is 562 g/mol. The van der Waals surface area contributed by atoms with E-state index in [1.807, 2.05) is 6.08 Å². The van der Waals surface area contributed by atoms with Crippen molar-refractivity contribution in [2.75, 3.05) is 27.2 Å². The van der Waals surface area contributed by atoms with Crippen molar-refractivity contribution >= 4 is 6.09 Å². The zero-order chi connectivity index (χ0) is 29.1. The van der Waals surface area contributed by atoms with Gasteiger partial charge in [-0.25, -0.2) is 4.79 Å². The van der Waals surface area contributed by atoms with Crippen LogP contribution in [0.15, 0.2) is 11.8 Å². The van der Waals surface area contributed by atoms with Gasteiger partial charge in [0.25, 0.3) is 0 Å². The number of nitrogens with one attached hydrogen (secondary N) is 3. The summed E-state index contributed by atoms with van der Waals surface area (Å²) in [4.78, 5) is 12.5. The summed E-state index contributed by atoms with van der Waals surface area (Å²) in [5, 5.41) is 41.3. The van der Waals surface area contributed by atoms with Crippen LogP contribution in [0, 0.1) is 0 Å². The Labute approximate surface area is 229 Å². The maximum atomic E-state index is 12.5. The lowest BCUT2D eigenvalue weighted by molar-refractivity contribution is -0.303. The first-order chi connectivity index (χ1) is 18.2. The molecule has 1 unspecified atom stereocenters. The van der Waals surface area contributed by atoms with E-state index in [1.54, 1.807) is 41.8 Å². The Hall–Kier alpha value is -1.59. The van der Waals surface area contributed by atoms with Crippen LogP contribution in [-0.4, -0.2) is 121 Å². The number of alkyl carbamates (subject to hydrolysis) is 1. The number of nitrogens with two attached hydrogens (primary N) is 2. The Morgan fingerprint density at radius 3 is 2.31 bits per heavy atom. The predicted octanol–water partition coefficient (Wildman–Crippen LogP) is -2.02. The smallest absolute Gasteiger partial charge is 0.408 e. The van der Waals surface area contributed by atoms with E-state index in [0.717, 1.165) is 0 Å². The number of aliphatic hydroxyl groups excluding tert-OH is 2. The van der Waals surface area contributed by atoms with Crippen LogP contribution in [0.3, 0.4) is 0 Å². The highest BCUT2D eigenvalue weighted by atomic mass is 16.7. The van der Waals surface area contributed by atoms with Gasteiger partial charge in [0.05, 0.1) is 25.2 Å². The third-order valence-corrected chi connectivity index (χ3v) is 7.03. The summed E-state index contributed by atoms with van der Waals surface area (Å²) in [6, 6.07) is -2.74. The Morgan fingerprint density at radius 1 is 1.13 bits per heavy atom. The first kappa shape index (κ1) is 31.9. The van der Waals surface area contributed by atoms with Crippen molar-refractivity contribution in [2.45, 2.75) is 113 Å². The summed E-state index contributed by atoms with van der Waals surface area (Å²) >= 11 is 0. The quantitative estimate of drug-likeness (QED) is 0.161. The van der Waals surface area contributed by atoms with E-state index < -0.39 is 78.5 Å². The molecule has 11 atom stereocenters. The number of hydrogen-bond acceptors (Lipinski definition) is 13. The van der Waals surface area contributed by atoms with E-state index in [9.17, 15) is 20.1 Å². The minimum Gasteiger partial charge on any atom is -0.466 e. The number of carbonyl (C=O) groups is 1. The highest BCUT2D eigenvalue weighted by molar-refractivity contribution is 5.68. The monoisotopic (exact) mass is 561 g/mol. The number of likely N-dealkylation sites (N-methyl/N-ethyl adjacent to an activating group) is 2. The van der Waals surface area contributed by atoms with Crippen molar-refractivity contribution in [3.05, 3.63) is 11.8 Å². The fourth-order valence-corrected chi connectivity index (χ4v) is 5.16. The van der Waals surface area contributed by atoms with Crippen LogP contribution in [-0.2, 0) is 23.7 Å². The Bertz CT molecular complexity index is 854. The van der Waals surface area contributed by atoms with Crippen molar-refractivity contribution in [3.63, 3.8) is 0 Å². The van der Waals surface area contributed by atoms with Gasteiger partial charge < -0.3 is 66.4 Å². The molecule has 2 fully saturated rings. The molecule has 39 heavy (non-hydrogen) atoms. The molecule has 2 heterocycles. The molecule has 0 spiro atoms. The van der Waals surface area contributed by atoms with Crippen LogP contribution in [0.5, 0.6) is 0 Å². The fraction of sp³-hybridized carbons (Fsp3) is 0.880. The Kier molecular flexibility index (Phi) is 10.6. The van der Waals surface area contributed by atoms with E-state index in [0.29, 0.717) is 18.7 Å². The van der Waals surface area contributed by atoms with E-state index in [-0.39, 0.29) is 13.0 Å². The third kappa shape index (κ3) is 8.00. The number of amides is 1. The lowest BCUT2D eigenvalue weighted by Crippen LogP contribution is -2.68. The molecule has 1 saturated heterocycles. The number of hydrogen-bond donors (Lipinski definition) is 8. The Balaban J connectivity index is 1.74. The lowest BCUT2D eigenvalue weighted by Gasteiger charge is -2.48. The predicted molar refractivity (Wildman–Crippen MR) is 140 cm³/mol. The molecule has 1 aliphatic carbocycles. The summed E-state index contributed by atoms with van der Waals surface area (Å²) < 4.78 is 29.2. The SMILES string of the molecule is CNCC1=CCC(NC(=O)OC(C)(C)C)[C@@H](O[C@H]2[C@H](O)[C@@H](O[C@H]3OC[C@](C)(O)[C@H](NC)[C@H]3O)[C@H](N)C[C@@H]2N)O1. The topological polar surface area (TPSA) is 212 Å². The summed E-state index contributed by atoms with van der Waals surface area (Å²) in [5.41, 5.74) is 10.6. The number of carbonyl (C=O) groups excluding carboxylic acids is 1. The van der Waals surface area contributed by atoms with Gasteiger partial charge in [-0.3, -0.25) is 0 Å². The molecule has 3 rings (SSSR count). The first-order valence-corrected chi connectivity index (χ1v) is 13.4. The first-order valence-electron chi connectivity index (χ1n) is 13.4. The molecule has 1 saturated carbocycles. The molecular weight excluding hydrogens is 514 g/mol. The van der Waals surface area contributed by atoms with Gasteiger partial charge >= 0.3 is 6.09 Å². The van der Waals surface area contributed by atoms with E-state index in [2.05, 4.69) is 16.0 Å². The normalized spacial score (nSPS) is 41.4. The minimum absolute atomic E-state index is 0.105. The highest BCUT2D eigenvalue weighted by Gasteiger charge is 2.51. The van der Waals surface area contributed by atoms with Crippen molar-refractivity contribution < 1.29 is 43.8 Å². The van der Waals surface area contributed by atoms with Gasteiger partial charge in [-0.1, -0.05) is 0 Å². The largest absolute Gasteiger partial charge is 0.466 e. The molecule has 1 amide bonds. The molecule has 0 aromatic heterocycles. The highest BCUT2D eigenvalue weighted by Crippen LogP contribution is 2.31. The summed E-state index contributed by atoms with van der Waals surface area (Å²) in [5.74, 6) is 0.608. The average Bonchev–Trinajstić information content (AvgIpc) is 2.81. The fourth-order valence-electron chi connectivity index (χ4n) is 5.16.